The number of hydrogen-bond acceptors (Lipinski definition) is 1. The molecule has 0 amide bonds. The summed E-state index contributed by atoms with van der Waals surface area (Å²) in [5.74, 6) is -1.62. The minimum absolute atomic E-state index is 0.0973. The van der Waals surface area contributed by atoms with Crippen molar-refractivity contribution in [3.05, 3.63) is 0 Å². The maximum Gasteiger partial charge on any atom is 0.394 e. The average Bonchev–Trinajstić information content (AvgIpc) is 2.65. The summed E-state index contributed by atoms with van der Waals surface area (Å²) in [6, 6.07) is 0. The van der Waals surface area contributed by atoms with Crippen LogP contribution in [0.3, 0.4) is 0 Å². The third-order valence-corrected chi connectivity index (χ3v) is 2.48. The first-order chi connectivity index (χ1) is 6.11. The van der Waals surface area contributed by atoms with Crippen molar-refractivity contribution in [2.45, 2.75) is 30.7 Å². The first-order valence-electron chi connectivity index (χ1n) is 3.99. The van der Waals surface area contributed by atoms with Crippen molar-refractivity contribution in [1.29, 1.82) is 0 Å². The first-order valence-corrected chi connectivity index (χ1v) is 3.99. The molecule has 1 aliphatic carbocycles. The van der Waals surface area contributed by atoms with E-state index in [1.807, 2.05) is 0 Å². The molecule has 7 heteroatoms. The summed E-state index contributed by atoms with van der Waals surface area (Å²) >= 11 is 0. The zero-order chi connectivity index (χ0) is 11.2. The van der Waals surface area contributed by atoms with E-state index >= 15 is 0 Å². The lowest BCUT2D eigenvalue weighted by molar-refractivity contribution is -0.190. The predicted octanol–water partition coefficient (Wildman–Crippen LogP) is 1.26. The Labute approximate surface area is 81.7 Å². The van der Waals surface area contributed by atoms with Crippen molar-refractivity contribution in [2.75, 3.05) is 0 Å². The first kappa shape index (κ1) is 11.5. The smallest absolute Gasteiger partial charge is 0.394 e. The summed E-state index contributed by atoms with van der Waals surface area (Å²) < 4.78 is 37.2. The highest BCUT2D eigenvalue weighted by Gasteiger charge is 2.64. The van der Waals surface area contributed by atoms with E-state index < -0.39 is 29.2 Å². The van der Waals surface area contributed by atoms with Crippen molar-refractivity contribution in [3.63, 3.8) is 0 Å². The van der Waals surface area contributed by atoms with Gasteiger partial charge in [-0.05, 0) is 24.5 Å². The predicted molar refractivity (Wildman–Crippen MR) is 44.2 cm³/mol. The molecule has 0 spiro atoms. The van der Waals surface area contributed by atoms with Gasteiger partial charge in [-0.3, -0.25) is 4.79 Å². The van der Waals surface area contributed by atoms with E-state index in [4.69, 9.17) is 20.8 Å². The van der Waals surface area contributed by atoms with Crippen LogP contribution in [0, 0.1) is 5.41 Å². The third-order valence-electron chi connectivity index (χ3n) is 2.48. The van der Waals surface area contributed by atoms with E-state index in [0.717, 1.165) is 0 Å². The van der Waals surface area contributed by atoms with Crippen LogP contribution in [0.1, 0.15) is 19.3 Å². The van der Waals surface area contributed by atoms with Crippen LogP contribution in [0.4, 0.5) is 13.2 Å². The van der Waals surface area contributed by atoms with Gasteiger partial charge in [0.2, 0.25) is 0 Å². The standard InChI is InChI=1S/C7H7B2F3O2/c8-6(9,4(13)14)3-5(1-2-5)7(10,11)12/h1-3H2,(H,13,14). The molecule has 2 nitrogen and oxygen atoms in total. The summed E-state index contributed by atoms with van der Waals surface area (Å²) in [5, 5.41) is 6.18. The quantitative estimate of drug-likeness (QED) is 0.699. The van der Waals surface area contributed by atoms with Gasteiger partial charge in [-0.2, -0.15) is 13.2 Å². The third kappa shape index (κ3) is 1.91. The molecule has 0 unspecified atom stereocenters. The number of halogens is 3. The number of rotatable bonds is 3. The van der Waals surface area contributed by atoms with E-state index in [1.54, 1.807) is 0 Å². The van der Waals surface area contributed by atoms with Crippen LogP contribution >= 0.6 is 0 Å². The Bertz CT molecular complexity index is 258. The largest absolute Gasteiger partial charge is 0.482 e. The molecular weight excluding hydrogens is 195 g/mol. The Balaban J connectivity index is 2.75. The van der Waals surface area contributed by atoms with Crippen molar-refractivity contribution < 1.29 is 23.1 Å². The molecule has 0 aromatic heterocycles. The highest BCUT2D eigenvalue weighted by atomic mass is 19.4. The van der Waals surface area contributed by atoms with Crippen LogP contribution in [0.5, 0.6) is 0 Å². The minimum atomic E-state index is -4.42. The molecule has 74 valence electrons. The SMILES string of the molecule is [B]C([B])(CC1(C(F)(F)F)CC1)C(=O)O. The molecule has 1 aliphatic rings. The van der Waals surface area contributed by atoms with Crippen LogP contribution in [0.2, 0.25) is 5.21 Å². The summed E-state index contributed by atoms with van der Waals surface area (Å²) in [5.41, 5.74) is -1.98. The van der Waals surface area contributed by atoms with Crippen LogP contribution in [-0.4, -0.2) is 32.9 Å². The summed E-state index contributed by atoms with van der Waals surface area (Å²) in [4.78, 5) is 10.4. The Morgan fingerprint density at radius 1 is 1.36 bits per heavy atom. The molecule has 1 saturated carbocycles. The van der Waals surface area contributed by atoms with Crippen LogP contribution in [0.25, 0.3) is 0 Å². The van der Waals surface area contributed by atoms with Crippen LogP contribution < -0.4 is 0 Å². The van der Waals surface area contributed by atoms with Gasteiger partial charge in [-0.1, -0.05) is 0 Å². The normalized spacial score (nSPS) is 20.5. The zero-order valence-corrected chi connectivity index (χ0v) is 7.27. The minimum Gasteiger partial charge on any atom is -0.482 e. The summed E-state index contributed by atoms with van der Waals surface area (Å²) in [6.45, 7) is 0. The monoisotopic (exact) mass is 202 g/mol. The lowest BCUT2D eigenvalue weighted by Crippen LogP contribution is -2.34. The molecule has 1 N–H and O–H groups in total. The molecule has 0 bridgehead atoms. The van der Waals surface area contributed by atoms with Gasteiger partial charge in [0.1, 0.15) is 0 Å². The maximum atomic E-state index is 12.4. The van der Waals surface area contributed by atoms with E-state index in [-0.39, 0.29) is 12.8 Å². The second-order valence-electron chi connectivity index (χ2n) is 3.80. The zero-order valence-electron chi connectivity index (χ0n) is 7.27. The highest BCUT2D eigenvalue weighted by Crippen LogP contribution is 2.63. The molecule has 0 aromatic carbocycles. The number of carbonyl (C=O) groups is 1. The number of carboxylic acids is 1. The number of carboxylic acid groups (broad SMARTS) is 1. The fourth-order valence-electron chi connectivity index (χ4n) is 1.35. The number of alkyl halides is 3. The van der Waals surface area contributed by atoms with Crippen molar-refractivity contribution >= 4 is 21.7 Å². The van der Waals surface area contributed by atoms with Gasteiger partial charge in [0.15, 0.2) is 0 Å². The molecule has 0 aliphatic heterocycles. The van der Waals surface area contributed by atoms with Crippen LogP contribution in [0.15, 0.2) is 0 Å². The molecule has 1 rings (SSSR count). The van der Waals surface area contributed by atoms with E-state index in [9.17, 15) is 18.0 Å². The fourth-order valence-corrected chi connectivity index (χ4v) is 1.35. The van der Waals surface area contributed by atoms with Crippen molar-refractivity contribution in [3.8, 4) is 0 Å². The summed E-state index contributed by atoms with van der Waals surface area (Å²) in [7, 11) is 10.1. The van der Waals surface area contributed by atoms with Gasteiger partial charge < -0.3 is 5.11 Å². The Hall–Kier alpha value is -0.610. The average molecular weight is 202 g/mol. The lowest BCUT2D eigenvalue weighted by atomic mass is 9.50. The molecule has 0 aromatic rings. The molecule has 0 saturated heterocycles. The summed E-state index contributed by atoms with van der Waals surface area (Å²) in [6.07, 6.45) is -5.38. The molecule has 14 heavy (non-hydrogen) atoms. The van der Waals surface area contributed by atoms with E-state index in [0.29, 0.717) is 0 Å². The van der Waals surface area contributed by atoms with Crippen molar-refractivity contribution in [2.24, 2.45) is 5.41 Å². The molecule has 0 atom stereocenters. The van der Waals surface area contributed by atoms with E-state index in [2.05, 4.69) is 0 Å². The van der Waals surface area contributed by atoms with Gasteiger partial charge >= 0.3 is 6.18 Å². The Morgan fingerprint density at radius 3 is 2.00 bits per heavy atom. The van der Waals surface area contributed by atoms with E-state index in [1.165, 1.54) is 0 Å². The Morgan fingerprint density at radius 2 is 1.79 bits per heavy atom. The van der Waals surface area contributed by atoms with Gasteiger partial charge in [-0.15, -0.1) is 0 Å². The van der Waals surface area contributed by atoms with Crippen LogP contribution in [-0.2, 0) is 4.79 Å². The second kappa shape index (κ2) is 2.94. The number of aliphatic carboxylic acids is 1. The van der Waals surface area contributed by atoms with Gasteiger partial charge in [0.05, 0.1) is 21.1 Å². The second-order valence-corrected chi connectivity index (χ2v) is 3.80. The van der Waals surface area contributed by atoms with Gasteiger partial charge in [0, 0.05) is 0 Å². The molecule has 0 heterocycles. The molecular formula is C7H7B2F3O2. The van der Waals surface area contributed by atoms with Crippen molar-refractivity contribution in [1.82, 2.24) is 0 Å². The highest BCUT2D eigenvalue weighted by molar-refractivity contribution is 6.49. The maximum absolute atomic E-state index is 12.4. The lowest BCUT2D eigenvalue weighted by Gasteiger charge is -2.28. The van der Waals surface area contributed by atoms with Gasteiger partial charge in [-0.25, -0.2) is 0 Å². The Kier molecular flexibility index (Phi) is 2.41. The molecule has 1 fully saturated rings. The fraction of sp³-hybridized carbons (Fsp3) is 0.857. The topological polar surface area (TPSA) is 37.3 Å². The van der Waals surface area contributed by atoms with Gasteiger partial charge in [0.25, 0.3) is 5.97 Å². The molecule has 4 radical (unpaired) electrons. The number of hydrogen-bond donors (Lipinski definition) is 1.